The monoisotopic (exact) mass is 386 g/mol. The molecule has 0 radical (unpaired) electrons. The molecule has 0 bridgehead atoms. The normalized spacial score (nSPS) is 12.8. The van der Waals surface area contributed by atoms with Gasteiger partial charge in [-0.25, -0.2) is 15.0 Å². The molecule has 0 saturated carbocycles. The highest BCUT2D eigenvalue weighted by Crippen LogP contribution is 2.34. The molecule has 29 heavy (non-hydrogen) atoms. The van der Waals surface area contributed by atoms with Gasteiger partial charge in [-0.05, 0) is 24.3 Å². The maximum absolute atomic E-state index is 5.68. The Hall–Kier alpha value is -4.07. The number of aromatic nitrogens is 4. The fourth-order valence-corrected chi connectivity index (χ4v) is 3.19. The van der Waals surface area contributed by atoms with Gasteiger partial charge in [-0.2, -0.15) is 0 Å². The van der Waals surface area contributed by atoms with Gasteiger partial charge in [-0.3, -0.25) is 0 Å². The highest BCUT2D eigenvalue weighted by molar-refractivity contribution is 5.76. The molecule has 0 aliphatic carbocycles. The molecular formula is C21H18N6O2. The van der Waals surface area contributed by atoms with E-state index in [9.17, 15) is 0 Å². The Kier molecular flexibility index (Phi) is 4.02. The summed E-state index contributed by atoms with van der Waals surface area (Å²) in [5, 5.41) is 6.58. The first-order valence-electron chi connectivity index (χ1n) is 9.02. The lowest BCUT2D eigenvalue weighted by Crippen LogP contribution is -2.15. The van der Waals surface area contributed by atoms with Crippen molar-refractivity contribution in [2.45, 2.75) is 0 Å². The molecule has 0 atom stereocenters. The molecule has 2 N–H and O–H groups in total. The molecule has 5 rings (SSSR count). The number of hydrogen-bond acceptors (Lipinski definition) is 7. The van der Waals surface area contributed by atoms with Crippen molar-refractivity contribution in [1.82, 2.24) is 19.4 Å². The van der Waals surface area contributed by atoms with Crippen LogP contribution in [0, 0.1) is 0 Å². The molecule has 4 aromatic rings. The zero-order valence-corrected chi connectivity index (χ0v) is 15.7. The number of pyridine rings is 1. The molecule has 8 nitrogen and oxygen atoms in total. The Balaban J connectivity index is 1.57. The summed E-state index contributed by atoms with van der Waals surface area (Å²) in [5.41, 5.74) is 4.96. The first kappa shape index (κ1) is 17.1. The minimum absolute atomic E-state index is 0.467. The summed E-state index contributed by atoms with van der Waals surface area (Å²) in [6.45, 7) is 4.40. The van der Waals surface area contributed by atoms with Crippen LogP contribution in [0.2, 0.25) is 0 Å². The van der Waals surface area contributed by atoms with Gasteiger partial charge in [-0.15, -0.1) is 0 Å². The molecule has 1 aliphatic heterocycles. The lowest BCUT2D eigenvalue weighted by Gasteiger charge is -2.21. The average Bonchev–Trinajstić information content (AvgIpc) is 3.22. The van der Waals surface area contributed by atoms with Gasteiger partial charge < -0.3 is 24.5 Å². The molecule has 0 fully saturated rings. The van der Waals surface area contributed by atoms with Crippen LogP contribution in [-0.2, 0) is 0 Å². The van der Waals surface area contributed by atoms with E-state index in [0.717, 1.165) is 39.7 Å². The van der Waals surface area contributed by atoms with Crippen molar-refractivity contribution in [1.29, 1.82) is 0 Å². The summed E-state index contributed by atoms with van der Waals surface area (Å²) in [4.78, 5) is 13.4. The molecule has 1 aliphatic rings. The fraction of sp³-hybridized carbons (Fsp3) is 0.0952. The Labute approximate surface area is 166 Å². The Morgan fingerprint density at radius 2 is 2.14 bits per heavy atom. The van der Waals surface area contributed by atoms with E-state index >= 15 is 0 Å². The minimum Gasteiger partial charge on any atom is -0.485 e. The largest absolute Gasteiger partial charge is 0.485 e. The Morgan fingerprint density at radius 3 is 3.03 bits per heavy atom. The van der Waals surface area contributed by atoms with Gasteiger partial charge in [0.2, 0.25) is 5.88 Å². The van der Waals surface area contributed by atoms with Crippen molar-refractivity contribution in [3.8, 4) is 22.9 Å². The van der Waals surface area contributed by atoms with Crippen LogP contribution in [0.4, 0.5) is 17.2 Å². The van der Waals surface area contributed by atoms with Gasteiger partial charge >= 0.3 is 0 Å². The van der Waals surface area contributed by atoms with Crippen molar-refractivity contribution in [2.75, 3.05) is 24.4 Å². The number of anilines is 3. The number of nitrogens with zero attached hydrogens (tertiary/aromatic N) is 4. The second kappa shape index (κ2) is 6.83. The summed E-state index contributed by atoms with van der Waals surface area (Å²) in [5.74, 6) is 1.95. The van der Waals surface area contributed by atoms with Gasteiger partial charge in [0, 0.05) is 47.8 Å². The van der Waals surface area contributed by atoms with Gasteiger partial charge in [0.15, 0.2) is 11.5 Å². The fourth-order valence-electron chi connectivity index (χ4n) is 3.19. The van der Waals surface area contributed by atoms with Crippen molar-refractivity contribution in [2.24, 2.45) is 0 Å². The van der Waals surface area contributed by atoms with Gasteiger partial charge in [0.1, 0.15) is 12.4 Å². The third kappa shape index (κ3) is 3.20. The van der Waals surface area contributed by atoms with E-state index in [-0.39, 0.29) is 0 Å². The molecular weight excluding hydrogens is 368 g/mol. The number of imidazole rings is 1. The van der Waals surface area contributed by atoms with Gasteiger partial charge in [-0.1, -0.05) is 6.58 Å². The van der Waals surface area contributed by atoms with Crippen LogP contribution >= 0.6 is 0 Å². The summed E-state index contributed by atoms with van der Waals surface area (Å²) in [6, 6.07) is 9.58. The molecule has 8 heteroatoms. The number of hydrogen-bond donors (Lipinski definition) is 2. The van der Waals surface area contributed by atoms with E-state index in [4.69, 9.17) is 14.5 Å². The smallest absolute Gasteiger partial charge is 0.214 e. The van der Waals surface area contributed by atoms with Crippen LogP contribution in [0.1, 0.15) is 0 Å². The van der Waals surface area contributed by atoms with Crippen LogP contribution in [0.5, 0.6) is 11.6 Å². The van der Waals surface area contributed by atoms with Crippen molar-refractivity contribution >= 4 is 22.8 Å². The number of methoxy groups -OCH3 is 1. The number of fused-ring (bicyclic) bond motifs is 2. The molecule has 4 heterocycles. The predicted octanol–water partition coefficient (Wildman–Crippen LogP) is 3.86. The van der Waals surface area contributed by atoms with E-state index in [0.29, 0.717) is 18.3 Å². The lowest BCUT2D eigenvalue weighted by molar-refractivity contribution is 0.346. The van der Waals surface area contributed by atoms with Crippen LogP contribution in [0.15, 0.2) is 67.4 Å². The maximum Gasteiger partial charge on any atom is 0.214 e. The molecule has 0 amide bonds. The SMILES string of the molecule is C=C1COc2ccc(-c3cn4ccnc4c(Nc4ccnc(OC)c4)n3)cc2N1. The van der Waals surface area contributed by atoms with Crippen LogP contribution in [-0.4, -0.2) is 33.1 Å². The van der Waals surface area contributed by atoms with Gasteiger partial charge in [0.05, 0.1) is 18.5 Å². The van der Waals surface area contributed by atoms with Crippen molar-refractivity contribution in [3.63, 3.8) is 0 Å². The first-order valence-corrected chi connectivity index (χ1v) is 9.02. The maximum atomic E-state index is 5.68. The van der Waals surface area contributed by atoms with E-state index in [1.807, 2.05) is 41.1 Å². The quantitative estimate of drug-likeness (QED) is 0.551. The Morgan fingerprint density at radius 1 is 1.21 bits per heavy atom. The summed E-state index contributed by atoms with van der Waals surface area (Å²) in [7, 11) is 1.58. The van der Waals surface area contributed by atoms with Crippen molar-refractivity contribution in [3.05, 3.63) is 67.4 Å². The lowest BCUT2D eigenvalue weighted by atomic mass is 10.1. The van der Waals surface area contributed by atoms with E-state index < -0.39 is 0 Å². The average molecular weight is 386 g/mol. The first-order chi connectivity index (χ1) is 14.2. The third-order valence-electron chi connectivity index (χ3n) is 4.57. The minimum atomic E-state index is 0.467. The highest BCUT2D eigenvalue weighted by Gasteiger charge is 2.15. The van der Waals surface area contributed by atoms with E-state index in [2.05, 4.69) is 27.2 Å². The molecule has 1 aromatic carbocycles. The molecule has 0 unspecified atom stereocenters. The molecule has 0 saturated heterocycles. The van der Waals surface area contributed by atoms with Crippen LogP contribution in [0.3, 0.4) is 0 Å². The van der Waals surface area contributed by atoms with E-state index in [1.165, 1.54) is 0 Å². The molecule has 3 aromatic heterocycles. The van der Waals surface area contributed by atoms with E-state index in [1.54, 1.807) is 25.6 Å². The molecule has 144 valence electrons. The predicted molar refractivity (Wildman–Crippen MR) is 111 cm³/mol. The number of ether oxygens (including phenoxy) is 2. The second-order valence-corrected chi connectivity index (χ2v) is 6.57. The highest BCUT2D eigenvalue weighted by atomic mass is 16.5. The summed E-state index contributed by atoms with van der Waals surface area (Å²) >= 11 is 0. The third-order valence-corrected chi connectivity index (χ3v) is 4.57. The number of nitrogens with one attached hydrogen (secondary N) is 2. The zero-order valence-electron chi connectivity index (χ0n) is 15.7. The van der Waals surface area contributed by atoms with Crippen LogP contribution < -0.4 is 20.1 Å². The summed E-state index contributed by atoms with van der Waals surface area (Å²) < 4.78 is 12.8. The Bertz CT molecular complexity index is 1230. The van der Waals surface area contributed by atoms with Crippen molar-refractivity contribution < 1.29 is 9.47 Å². The summed E-state index contributed by atoms with van der Waals surface area (Å²) in [6.07, 6.45) is 7.25. The van der Waals surface area contributed by atoms with Gasteiger partial charge in [0.25, 0.3) is 0 Å². The standard InChI is InChI=1S/C21H18N6O2/c1-13-12-29-18-4-3-14(9-16(18)24-13)17-11-27-8-7-23-21(27)20(26-17)25-15-5-6-22-19(10-15)28-2/h3-11,24H,1,12H2,2H3,(H,22,25,26). The zero-order chi connectivity index (χ0) is 19.8. The second-order valence-electron chi connectivity index (χ2n) is 6.57. The van der Waals surface area contributed by atoms with Crippen LogP contribution in [0.25, 0.3) is 16.9 Å². The topological polar surface area (TPSA) is 85.6 Å². The number of rotatable bonds is 4. The molecule has 0 spiro atoms. The number of benzene rings is 1.